The Morgan fingerprint density at radius 1 is 1.41 bits per heavy atom. The van der Waals surface area contributed by atoms with Gasteiger partial charge in [-0.3, -0.25) is 0 Å². The maximum absolute atomic E-state index is 8.50. The van der Waals surface area contributed by atoms with Crippen molar-refractivity contribution in [1.82, 2.24) is 9.80 Å². The largest absolute Gasteiger partial charge is 0.376 e. The molecule has 4 nitrogen and oxygen atoms in total. The summed E-state index contributed by atoms with van der Waals surface area (Å²) in [6, 6.07) is 2.16. The third-order valence-electron chi connectivity index (χ3n) is 3.18. The van der Waals surface area contributed by atoms with E-state index in [0.717, 1.165) is 26.2 Å². The van der Waals surface area contributed by atoms with Crippen LogP contribution in [0.4, 0.5) is 0 Å². The molecule has 0 bridgehead atoms. The van der Waals surface area contributed by atoms with Crippen molar-refractivity contribution in [2.45, 2.75) is 32.3 Å². The van der Waals surface area contributed by atoms with Crippen molar-refractivity contribution in [3.8, 4) is 6.07 Å². The van der Waals surface area contributed by atoms with Gasteiger partial charge in [-0.05, 0) is 39.9 Å². The van der Waals surface area contributed by atoms with Crippen LogP contribution in [-0.4, -0.2) is 62.3 Å². The van der Waals surface area contributed by atoms with Crippen molar-refractivity contribution in [2.75, 3.05) is 46.4 Å². The van der Waals surface area contributed by atoms with E-state index in [-0.39, 0.29) is 6.10 Å². The second-order valence-electron chi connectivity index (χ2n) is 4.90. The maximum atomic E-state index is 8.50. The van der Waals surface area contributed by atoms with Crippen molar-refractivity contribution in [3.63, 3.8) is 0 Å². The predicted octanol–water partition coefficient (Wildman–Crippen LogP) is 1.33. The Bertz CT molecular complexity index is 233. The van der Waals surface area contributed by atoms with Gasteiger partial charge in [0.15, 0.2) is 0 Å². The highest BCUT2D eigenvalue weighted by Crippen LogP contribution is 2.06. The van der Waals surface area contributed by atoms with Crippen LogP contribution in [0.1, 0.15) is 26.2 Å². The average Bonchev–Trinajstić information content (AvgIpc) is 2.79. The molecule has 1 aliphatic rings. The summed E-state index contributed by atoms with van der Waals surface area (Å²) in [6.07, 6.45) is 3.52. The summed E-state index contributed by atoms with van der Waals surface area (Å²) in [7, 11) is 2.04. The van der Waals surface area contributed by atoms with E-state index in [1.165, 1.54) is 25.9 Å². The lowest BCUT2D eigenvalue weighted by molar-refractivity contribution is 0.0333. The Balaban J connectivity index is 2.00. The van der Waals surface area contributed by atoms with E-state index in [1.807, 2.05) is 7.05 Å². The normalized spacial score (nSPS) is 18.5. The Morgan fingerprint density at radius 3 is 2.76 bits per heavy atom. The number of likely N-dealkylation sites (tertiary alicyclic amines) is 1. The number of nitrogens with zero attached hydrogens (tertiary/aromatic N) is 3. The summed E-state index contributed by atoms with van der Waals surface area (Å²) in [5, 5.41) is 8.50. The van der Waals surface area contributed by atoms with Crippen LogP contribution in [0.25, 0.3) is 0 Å². The van der Waals surface area contributed by atoms with Crippen molar-refractivity contribution in [1.29, 1.82) is 5.26 Å². The molecule has 1 unspecified atom stereocenters. The molecule has 0 aromatic carbocycles. The van der Waals surface area contributed by atoms with Crippen molar-refractivity contribution < 1.29 is 4.74 Å². The summed E-state index contributed by atoms with van der Waals surface area (Å²) >= 11 is 0. The number of ether oxygens (including phenoxy) is 1. The Kier molecular flexibility index (Phi) is 7.18. The molecule has 0 N–H and O–H groups in total. The zero-order valence-electron chi connectivity index (χ0n) is 11.2. The monoisotopic (exact) mass is 239 g/mol. The zero-order chi connectivity index (χ0) is 12.5. The molecule has 0 saturated carbocycles. The van der Waals surface area contributed by atoms with Crippen LogP contribution in [-0.2, 0) is 4.74 Å². The number of hydrogen-bond acceptors (Lipinski definition) is 4. The van der Waals surface area contributed by atoms with Crippen LogP contribution in [0.2, 0.25) is 0 Å². The fraction of sp³-hybridized carbons (Fsp3) is 0.923. The molecule has 0 aliphatic carbocycles. The fourth-order valence-electron chi connectivity index (χ4n) is 2.21. The first-order chi connectivity index (χ1) is 8.22. The Labute approximate surface area is 105 Å². The van der Waals surface area contributed by atoms with Crippen molar-refractivity contribution in [3.05, 3.63) is 0 Å². The molecule has 1 atom stereocenters. The highest BCUT2D eigenvalue weighted by atomic mass is 16.5. The molecule has 0 spiro atoms. The molecule has 1 fully saturated rings. The number of rotatable bonds is 8. The average molecular weight is 239 g/mol. The van der Waals surface area contributed by atoms with Crippen LogP contribution in [0.5, 0.6) is 0 Å². The second kappa shape index (κ2) is 8.46. The molecule has 4 heteroatoms. The van der Waals surface area contributed by atoms with Crippen molar-refractivity contribution >= 4 is 0 Å². The summed E-state index contributed by atoms with van der Waals surface area (Å²) in [5.41, 5.74) is 0. The van der Waals surface area contributed by atoms with Gasteiger partial charge in [-0.2, -0.15) is 5.26 Å². The molecule has 98 valence electrons. The van der Waals surface area contributed by atoms with Gasteiger partial charge in [0.25, 0.3) is 0 Å². The van der Waals surface area contributed by atoms with E-state index in [2.05, 4.69) is 22.8 Å². The molecule has 0 aromatic heterocycles. The topological polar surface area (TPSA) is 39.5 Å². The molecule has 1 aliphatic heterocycles. The predicted molar refractivity (Wildman–Crippen MR) is 68.8 cm³/mol. The zero-order valence-corrected chi connectivity index (χ0v) is 11.2. The minimum absolute atomic E-state index is 0.251. The molecule has 1 rings (SSSR count). The summed E-state index contributed by atoms with van der Waals surface area (Å²) in [4.78, 5) is 4.62. The van der Waals surface area contributed by atoms with Crippen LogP contribution >= 0.6 is 0 Å². The third kappa shape index (κ3) is 6.62. The molecular weight excluding hydrogens is 214 g/mol. The standard InChI is InChI=1S/C13H25N3O/c1-13(12-15(2)7-5-6-14)17-11-10-16-8-3-4-9-16/h13H,3-5,7-12H2,1-2H3. The highest BCUT2D eigenvalue weighted by Gasteiger charge is 2.12. The lowest BCUT2D eigenvalue weighted by Gasteiger charge is -2.22. The minimum atomic E-state index is 0.251. The first-order valence-corrected chi connectivity index (χ1v) is 6.62. The molecule has 0 radical (unpaired) electrons. The van der Waals surface area contributed by atoms with Gasteiger partial charge < -0.3 is 14.5 Å². The van der Waals surface area contributed by atoms with Crippen LogP contribution in [0.3, 0.4) is 0 Å². The van der Waals surface area contributed by atoms with Gasteiger partial charge in [0.05, 0.1) is 18.8 Å². The quantitative estimate of drug-likeness (QED) is 0.640. The van der Waals surface area contributed by atoms with Crippen molar-refractivity contribution in [2.24, 2.45) is 0 Å². The molecule has 0 aromatic rings. The maximum Gasteiger partial charge on any atom is 0.0674 e. The highest BCUT2D eigenvalue weighted by molar-refractivity contribution is 4.72. The van der Waals surface area contributed by atoms with E-state index in [1.54, 1.807) is 0 Å². The van der Waals surface area contributed by atoms with E-state index in [0.29, 0.717) is 6.42 Å². The van der Waals surface area contributed by atoms with E-state index >= 15 is 0 Å². The second-order valence-corrected chi connectivity index (χ2v) is 4.90. The summed E-state index contributed by atoms with van der Waals surface area (Å²) < 4.78 is 5.79. The first-order valence-electron chi connectivity index (χ1n) is 6.62. The Morgan fingerprint density at radius 2 is 2.12 bits per heavy atom. The minimum Gasteiger partial charge on any atom is -0.376 e. The molecule has 17 heavy (non-hydrogen) atoms. The van der Waals surface area contributed by atoms with Gasteiger partial charge in [0, 0.05) is 26.1 Å². The third-order valence-corrected chi connectivity index (χ3v) is 3.18. The molecular formula is C13H25N3O. The fourth-order valence-corrected chi connectivity index (χ4v) is 2.21. The number of nitriles is 1. The van der Waals surface area contributed by atoms with E-state index in [4.69, 9.17) is 10.00 Å². The lowest BCUT2D eigenvalue weighted by Crippen LogP contribution is -2.32. The van der Waals surface area contributed by atoms with Crippen LogP contribution in [0, 0.1) is 11.3 Å². The molecule has 0 amide bonds. The van der Waals surface area contributed by atoms with Gasteiger partial charge in [0.2, 0.25) is 0 Å². The molecule has 1 saturated heterocycles. The summed E-state index contributed by atoms with van der Waals surface area (Å²) in [6.45, 7) is 8.20. The first kappa shape index (κ1) is 14.4. The smallest absolute Gasteiger partial charge is 0.0674 e. The van der Waals surface area contributed by atoms with Crippen LogP contribution in [0.15, 0.2) is 0 Å². The van der Waals surface area contributed by atoms with Gasteiger partial charge in [-0.25, -0.2) is 0 Å². The van der Waals surface area contributed by atoms with Crippen LogP contribution < -0.4 is 0 Å². The van der Waals surface area contributed by atoms with E-state index < -0.39 is 0 Å². The van der Waals surface area contributed by atoms with Gasteiger partial charge in [0.1, 0.15) is 0 Å². The molecule has 1 heterocycles. The van der Waals surface area contributed by atoms with Gasteiger partial charge in [-0.1, -0.05) is 0 Å². The lowest BCUT2D eigenvalue weighted by atomic mass is 10.3. The SMILES string of the molecule is CC(CN(C)CCC#N)OCCN1CCCC1. The van der Waals surface area contributed by atoms with Gasteiger partial charge >= 0.3 is 0 Å². The van der Waals surface area contributed by atoms with Gasteiger partial charge in [-0.15, -0.1) is 0 Å². The summed E-state index contributed by atoms with van der Waals surface area (Å²) in [5.74, 6) is 0. The van der Waals surface area contributed by atoms with E-state index in [9.17, 15) is 0 Å². The number of hydrogen-bond donors (Lipinski definition) is 0. The number of likely N-dealkylation sites (N-methyl/N-ethyl adjacent to an activating group) is 1. The Hall–Kier alpha value is -0.630.